The summed E-state index contributed by atoms with van der Waals surface area (Å²) in [6.07, 6.45) is 1.22. The first-order valence-corrected chi connectivity index (χ1v) is 6.92. The van der Waals surface area contributed by atoms with E-state index in [0.29, 0.717) is 0 Å². The summed E-state index contributed by atoms with van der Waals surface area (Å²) in [4.78, 5) is 3.71. The van der Waals surface area contributed by atoms with Gasteiger partial charge < -0.3 is 10.2 Å². The zero-order chi connectivity index (χ0) is 12.0. The van der Waals surface area contributed by atoms with Gasteiger partial charge in [0.2, 0.25) is 0 Å². The molecule has 1 aromatic rings. The Balaban J connectivity index is 2.37. The third-order valence-corrected chi connectivity index (χ3v) is 3.91. The Morgan fingerprint density at radius 2 is 2.25 bits per heavy atom. The van der Waals surface area contributed by atoms with Gasteiger partial charge >= 0.3 is 0 Å². The van der Waals surface area contributed by atoms with Gasteiger partial charge in [-0.15, -0.1) is 11.3 Å². The highest BCUT2D eigenvalue weighted by Crippen LogP contribution is 2.22. The minimum Gasteiger partial charge on any atom is -0.319 e. The lowest BCUT2D eigenvalue weighted by atomic mass is 10.1. The molecule has 0 saturated carbocycles. The molecular formula is C12H21ClN2S. The number of hydrogen-bond acceptors (Lipinski definition) is 3. The summed E-state index contributed by atoms with van der Waals surface area (Å²) in [6, 6.07) is 4.09. The molecule has 0 aliphatic heterocycles. The maximum absolute atomic E-state index is 5.92. The summed E-state index contributed by atoms with van der Waals surface area (Å²) in [5.74, 6) is 0.727. The lowest BCUT2D eigenvalue weighted by molar-refractivity contribution is 0.263. The van der Waals surface area contributed by atoms with Gasteiger partial charge in [-0.3, -0.25) is 0 Å². The Morgan fingerprint density at radius 1 is 1.50 bits per heavy atom. The molecule has 92 valence electrons. The average Bonchev–Trinajstić information content (AvgIpc) is 2.63. The summed E-state index contributed by atoms with van der Waals surface area (Å²) in [6.45, 7) is 5.47. The molecule has 4 heteroatoms. The lowest BCUT2D eigenvalue weighted by Gasteiger charge is -2.22. The SMILES string of the molecule is CCC(CNC)CN(C)Cc1ccc(Cl)s1. The summed E-state index contributed by atoms with van der Waals surface area (Å²) in [5, 5.41) is 3.25. The van der Waals surface area contributed by atoms with Crippen molar-refractivity contribution >= 4 is 22.9 Å². The molecule has 1 rings (SSSR count). The molecule has 0 aliphatic rings. The lowest BCUT2D eigenvalue weighted by Crippen LogP contribution is -2.30. The Morgan fingerprint density at radius 3 is 2.75 bits per heavy atom. The second-order valence-electron chi connectivity index (χ2n) is 4.23. The predicted molar refractivity (Wildman–Crippen MR) is 73.4 cm³/mol. The molecule has 0 bridgehead atoms. The van der Waals surface area contributed by atoms with Gasteiger partial charge in [-0.2, -0.15) is 0 Å². The van der Waals surface area contributed by atoms with Crippen LogP contribution in [0.5, 0.6) is 0 Å². The van der Waals surface area contributed by atoms with Gasteiger partial charge in [0.1, 0.15) is 0 Å². The van der Waals surface area contributed by atoms with Crippen LogP contribution in [0.4, 0.5) is 0 Å². The summed E-state index contributed by atoms with van der Waals surface area (Å²) >= 11 is 7.59. The Bertz CT molecular complexity index is 301. The minimum atomic E-state index is 0.727. The number of nitrogens with zero attached hydrogens (tertiary/aromatic N) is 1. The molecule has 1 heterocycles. The van der Waals surface area contributed by atoms with Crippen molar-refractivity contribution in [3.63, 3.8) is 0 Å². The molecule has 0 radical (unpaired) electrons. The first-order valence-electron chi connectivity index (χ1n) is 5.73. The van der Waals surface area contributed by atoms with Crippen LogP contribution in [0.1, 0.15) is 18.2 Å². The Kier molecular flexibility index (Phi) is 6.36. The van der Waals surface area contributed by atoms with Crippen LogP contribution >= 0.6 is 22.9 Å². The molecule has 0 aromatic carbocycles. The van der Waals surface area contributed by atoms with E-state index in [1.807, 2.05) is 13.1 Å². The Hall–Kier alpha value is -0.0900. The van der Waals surface area contributed by atoms with Crippen molar-refractivity contribution in [2.45, 2.75) is 19.9 Å². The molecule has 2 nitrogen and oxygen atoms in total. The molecule has 1 aromatic heterocycles. The van der Waals surface area contributed by atoms with Crippen LogP contribution in [0.3, 0.4) is 0 Å². The molecule has 0 saturated heterocycles. The highest BCUT2D eigenvalue weighted by Gasteiger charge is 2.10. The normalized spacial score (nSPS) is 13.3. The smallest absolute Gasteiger partial charge is 0.0931 e. The molecule has 0 amide bonds. The molecule has 1 N–H and O–H groups in total. The predicted octanol–water partition coefficient (Wildman–Crippen LogP) is 3.08. The van der Waals surface area contributed by atoms with Crippen LogP contribution in [0.25, 0.3) is 0 Å². The number of halogens is 1. The highest BCUT2D eigenvalue weighted by molar-refractivity contribution is 7.16. The van der Waals surface area contributed by atoms with Crippen molar-refractivity contribution < 1.29 is 0 Å². The van der Waals surface area contributed by atoms with E-state index >= 15 is 0 Å². The van der Waals surface area contributed by atoms with Crippen molar-refractivity contribution in [3.8, 4) is 0 Å². The van der Waals surface area contributed by atoms with Crippen LogP contribution in [0.2, 0.25) is 4.34 Å². The zero-order valence-electron chi connectivity index (χ0n) is 10.3. The third-order valence-electron chi connectivity index (χ3n) is 2.69. The zero-order valence-corrected chi connectivity index (χ0v) is 11.9. The van der Waals surface area contributed by atoms with Crippen LogP contribution in [-0.2, 0) is 6.54 Å². The standard InChI is InChI=1S/C12H21ClN2S/c1-4-10(7-14-2)8-15(3)9-11-5-6-12(13)16-11/h5-6,10,14H,4,7-9H2,1-3H3. The second kappa shape index (κ2) is 7.28. The van der Waals surface area contributed by atoms with Gasteiger partial charge in [0.05, 0.1) is 4.34 Å². The van der Waals surface area contributed by atoms with Crippen molar-refractivity contribution in [2.75, 3.05) is 27.2 Å². The number of nitrogens with one attached hydrogen (secondary N) is 1. The number of thiophene rings is 1. The molecular weight excluding hydrogens is 240 g/mol. The van der Waals surface area contributed by atoms with E-state index in [1.165, 1.54) is 11.3 Å². The molecule has 0 fully saturated rings. The van der Waals surface area contributed by atoms with Crippen LogP contribution in [0, 0.1) is 5.92 Å². The van der Waals surface area contributed by atoms with Gasteiger partial charge in [-0.05, 0) is 38.7 Å². The number of rotatable bonds is 7. The summed E-state index contributed by atoms with van der Waals surface area (Å²) < 4.78 is 0.880. The van der Waals surface area contributed by atoms with Crippen molar-refractivity contribution in [1.29, 1.82) is 0 Å². The van der Waals surface area contributed by atoms with E-state index in [-0.39, 0.29) is 0 Å². The average molecular weight is 261 g/mol. The summed E-state index contributed by atoms with van der Waals surface area (Å²) in [5.41, 5.74) is 0. The van der Waals surface area contributed by atoms with Gasteiger partial charge in [0.15, 0.2) is 0 Å². The first kappa shape index (κ1) is 14.0. The van der Waals surface area contributed by atoms with E-state index < -0.39 is 0 Å². The van der Waals surface area contributed by atoms with Gasteiger partial charge in [-0.1, -0.05) is 24.9 Å². The van der Waals surface area contributed by atoms with E-state index in [4.69, 9.17) is 11.6 Å². The Labute approximate surface area is 108 Å². The molecule has 0 aliphatic carbocycles. The van der Waals surface area contributed by atoms with Crippen LogP contribution < -0.4 is 5.32 Å². The third kappa shape index (κ3) is 4.83. The van der Waals surface area contributed by atoms with E-state index in [1.54, 1.807) is 11.3 Å². The highest BCUT2D eigenvalue weighted by atomic mass is 35.5. The first-order chi connectivity index (χ1) is 7.65. The van der Waals surface area contributed by atoms with Gasteiger partial charge in [-0.25, -0.2) is 0 Å². The maximum Gasteiger partial charge on any atom is 0.0931 e. The van der Waals surface area contributed by atoms with Gasteiger partial charge in [0.25, 0.3) is 0 Å². The second-order valence-corrected chi connectivity index (χ2v) is 6.03. The monoisotopic (exact) mass is 260 g/mol. The summed E-state index contributed by atoms with van der Waals surface area (Å²) in [7, 11) is 4.19. The molecule has 0 spiro atoms. The molecule has 1 unspecified atom stereocenters. The quantitative estimate of drug-likeness (QED) is 0.811. The van der Waals surface area contributed by atoms with Crippen molar-refractivity contribution in [2.24, 2.45) is 5.92 Å². The van der Waals surface area contributed by atoms with Crippen molar-refractivity contribution in [3.05, 3.63) is 21.3 Å². The molecule has 1 atom stereocenters. The minimum absolute atomic E-state index is 0.727. The maximum atomic E-state index is 5.92. The van der Waals surface area contributed by atoms with Gasteiger partial charge in [0, 0.05) is 18.0 Å². The van der Waals surface area contributed by atoms with Crippen LogP contribution in [-0.4, -0.2) is 32.1 Å². The molecule has 16 heavy (non-hydrogen) atoms. The van der Waals surface area contributed by atoms with E-state index in [0.717, 1.165) is 29.9 Å². The number of hydrogen-bond donors (Lipinski definition) is 1. The van der Waals surface area contributed by atoms with E-state index in [2.05, 4.69) is 30.3 Å². The topological polar surface area (TPSA) is 15.3 Å². The van der Waals surface area contributed by atoms with Crippen molar-refractivity contribution in [1.82, 2.24) is 10.2 Å². The largest absolute Gasteiger partial charge is 0.319 e. The fraction of sp³-hybridized carbons (Fsp3) is 0.667. The fourth-order valence-electron chi connectivity index (χ4n) is 1.83. The fourth-order valence-corrected chi connectivity index (χ4v) is 3.00. The van der Waals surface area contributed by atoms with E-state index in [9.17, 15) is 0 Å². The van der Waals surface area contributed by atoms with Crippen LogP contribution in [0.15, 0.2) is 12.1 Å².